The Bertz CT molecular complexity index is 629. The minimum Gasteiger partial charge on any atom is -0.497 e. The molecular formula is C17H16BrClO3. The molecule has 0 spiro atoms. The summed E-state index contributed by atoms with van der Waals surface area (Å²) < 4.78 is 17.4. The Balaban J connectivity index is 1.84. The number of methoxy groups -OCH3 is 1. The van der Waals surface area contributed by atoms with E-state index in [1.807, 2.05) is 48.5 Å². The van der Waals surface area contributed by atoms with Gasteiger partial charge >= 0.3 is 0 Å². The van der Waals surface area contributed by atoms with Gasteiger partial charge in [-0.15, -0.1) is 0 Å². The van der Waals surface area contributed by atoms with Gasteiger partial charge in [0.2, 0.25) is 5.79 Å². The summed E-state index contributed by atoms with van der Waals surface area (Å²) in [7, 11) is 1.65. The van der Waals surface area contributed by atoms with E-state index in [1.165, 1.54) is 0 Å². The highest BCUT2D eigenvalue weighted by Gasteiger charge is 2.42. The van der Waals surface area contributed by atoms with Crippen LogP contribution in [0.3, 0.4) is 0 Å². The van der Waals surface area contributed by atoms with Crippen LogP contribution in [-0.2, 0) is 15.3 Å². The van der Waals surface area contributed by atoms with E-state index < -0.39 is 5.79 Å². The summed E-state index contributed by atoms with van der Waals surface area (Å²) in [6, 6.07) is 15.4. The van der Waals surface area contributed by atoms with Crippen LogP contribution in [0.15, 0.2) is 48.5 Å². The van der Waals surface area contributed by atoms with Gasteiger partial charge in [0.15, 0.2) is 0 Å². The first-order chi connectivity index (χ1) is 10.7. The third-order valence-electron chi connectivity index (χ3n) is 3.75. The van der Waals surface area contributed by atoms with Gasteiger partial charge in [-0.3, -0.25) is 0 Å². The molecule has 0 unspecified atom stereocenters. The van der Waals surface area contributed by atoms with Crippen molar-refractivity contribution in [3.63, 3.8) is 0 Å². The summed E-state index contributed by atoms with van der Waals surface area (Å²) in [6.45, 7) is 0.499. The molecule has 116 valence electrons. The lowest BCUT2D eigenvalue weighted by Gasteiger charge is -2.26. The van der Waals surface area contributed by atoms with Gasteiger partial charge in [0.25, 0.3) is 0 Å². The fourth-order valence-corrected chi connectivity index (χ4v) is 3.24. The van der Waals surface area contributed by atoms with Crippen LogP contribution in [0.1, 0.15) is 17.2 Å². The molecule has 3 rings (SSSR count). The first kappa shape index (κ1) is 15.8. The van der Waals surface area contributed by atoms with Crippen LogP contribution in [0.4, 0.5) is 0 Å². The molecule has 0 bridgehead atoms. The average molecular weight is 384 g/mol. The second-order valence-electron chi connectivity index (χ2n) is 5.08. The summed E-state index contributed by atoms with van der Waals surface area (Å²) in [5, 5.41) is 1.26. The minimum atomic E-state index is -0.781. The number of hydrogen-bond donors (Lipinski definition) is 0. The Labute approximate surface area is 143 Å². The smallest absolute Gasteiger partial charge is 0.205 e. The third kappa shape index (κ3) is 3.01. The fraction of sp³-hybridized carbons (Fsp3) is 0.294. The number of hydrogen-bond acceptors (Lipinski definition) is 3. The van der Waals surface area contributed by atoms with Crippen molar-refractivity contribution in [1.82, 2.24) is 0 Å². The van der Waals surface area contributed by atoms with E-state index in [9.17, 15) is 0 Å². The van der Waals surface area contributed by atoms with E-state index >= 15 is 0 Å². The Hall–Kier alpha value is -1.07. The maximum absolute atomic E-state index is 6.23. The second-order valence-corrected chi connectivity index (χ2v) is 6.08. The number of rotatable bonds is 4. The number of halogens is 2. The van der Waals surface area contributed by atoms with E-state index in [-0.39, 0.29) is 6.10 Å². The van der Waals surface area contributed by atoms with Crippen LogP contribution in [0.2, 0.25) is 5.02 Å². The summed E-state index contributed by atoms with van der Waals surface area (Å²) >= 11 is 9.45. The molecule has 0 saturated carbocycles. The first-order valence-electron chi connectivity index (χ1n) is 6.94. The Kier molecular flexibility index (Phi) is 4.73. The lowest BCUT2D eigenvalue weighted by Crippen LogP contribution is -2.29. The summed E-state index contributed by atoms with van der Waals surface area (Å²) in [5.41, 5.74) is 2.02. The summed E-state index contributed by atoms with van der Waals surface area (Å²) in [6.07, 6.45) is -0.114. The highest BCUT2D eigenvalue weighted by molar-refractivity contribution is 9.09. The first-order valence-corrected chi connectivity index (χ1v) is 8.44. The van der Waals surface area contributed by atoms with Crippen LogP contribution < -0.4 is 4.74 Å². The molecule has 2 aromatic carbocycles. The molecule has 3 nitrogen and oxygen atoms in total. The number of alkyl halides is 1. The van der Waals surface area contributed by atoms with E-state index in [4.69, 9.17) is 25.8 Å². The van der Waals surface area contributed by atoms with Gasteiger partial charge < -0.3 is 14.2 Å². The number of ether oxygens (including phenoxy) is 3. The van der Waals surface area contributed by atoms with Crippen LogP contribution in [0, 0.1) is 0 Å². The highest BCUT2D eigenvalue weighted by atomic mass is 79.9. The second kappa shape index (κ2) is 6.59. The minimum absolute atomic E-state index is 0.114. The van der Waals surface area contributed by atoms with Crippen molar-refractivity contribution in [2.24, 2.45) is 0 Å². The Morgan fingerprint density at radius 1 is 1.18 bits per heavy atom. The zero-order valence-electron chi connectivity index (χ0n) is 12.1. The van der Waals surface area contributed by atoms with E-state index in [1.54, 1.807) is 7.11 Å². The molecule has 1 aliphatic rings. The van der Waals surface area contributed by atoms with Crippen LogP contribution in [0.25, 0.3) is 0 Å². The molecular weight excluding hydrogens is 368 g/mol. The predicted octanol–water partition coefficient (Wildman–Crippen LogP) is 4.68. The molecule has 2 atom stereocenters. The van der Waals surface area contributed by atoms with Crippen LogP contribution >= 0.6 is 27.5 Å². The number of benzene rings is 2. The fourth-order valence-electron chi connectivity index (χ4n) is 2.49. The monoisotopic (exact) mass is 382 g/mol. The molecule has 0 aliphatic carbocycles. The van der Waals surface area contributed by atoms with Gasteiger partial charge in [-0.25, -0.2) is 0 Å². The lowest BCUT2D eigenvalue weighted by molar-refractivity contribution is -0.157. The Morgan fingerprint density at radius 2 is 1.86 bits per heavy atom. The van der Waals surface area contributed by atoms with Crippen molar-refractivity contribution in [3.05, 3.63) is 64.7 Å². The maximum Gasteiger partial charge on any atom is 0.205 e. The molecule has 0 amide bonds. The molecule has 1 fully saturated rings. The zero-order valence-corrected chi connectivity index (χ0v) is 14.4. The molecule has 1 saturated heterocycles. The maximum atomic E-state index is 6.23. The van der Waals surface area contributed by atoms with Gasteiger partial charge in [0, 0.05) is 10.6 Å². The van der Waals surface area contributed by atoms with Gasteiger partial charge in [0.1, 0.15) is 11.9 Å². The SMILES string of the molecule is COc1ccc([C@]2(CBr)OC[C@H](c3ccc(Cl)cc3)O2)cc1. The van der Waals surface area contributed by atoms with Gasteiger partial charge in [-0.2, -0.15) is 0 Å². The van der Waals surface area contributed by atoms with Crippen molar-refractivity contribution in [2.75, 3.05) is 19.0 Å². The lowest BCUT2D eigenvalue weighted by atomic mass is 10.1. The largest absolute Gasteiger partial charge is 0.497 e. The topological polar surface area (TPSA) is 27.7 Å². The van der Waals surface area contributed by atoms with Crippen molar-refractivity contribution in [3.8, 4) is 5.75 Å². The van der Waals surface area contributed by atoms with Gasteiger partial charge in [-0.05, 0) is 42.0 Å². The standard InChI is InChI=1S/C17H16BrClO3/c1-20-15-8-4-13(5-9-15)17(11-18)21-10-16(22-17)12-2-6-14(19)7-3-12/h2-9,16H,10-11H2,1H3/t16-,17-/m1/s1. The van der Waals surface area contributed by atoms with E-state index in [0.717, 1.165) is 16.9 Å². The molecule has 1 heterocycles. The zero-order chi connectivity index (χ0) is 15.6. The summed E-state index contributed by atoms with van der Waals surface area (Å²) in [4.78, 5) is 0. The quantitative estimate of drug-likeness (QED) is 0.717. The molecule has 5 heteroatoms. The van der Waals surface area contributed by atoms with Crippen LogP contribution in [-0.4, -0.2) is 19.0 Å². The molecule has 0 N–H and O–H groups in total. The normalized spacial score (nSPS) is 24.4. The average Bonchev–Trinajstić information content (AvgIpc) is 3.01. The van der Waals surface area contributed by atoms with Crippen molar-refractivity contribution in [2.45, 2.75) is 11.9 Å². The molecule has 0 radical (unpaired) electrons. The van der Waals surface area contributed by atoms with Crippen molar-refractivity contribution < 1.29 is 14.2 Å². The van der Waals surface area contributed by atoms with Gasteiger partial charge in [-0.1, -0.05) is 39.7 Å². The predicted molar refractivity (Wildman–Crippen MR) is 89.7 cm³/mol. The third-order valence-corrected chi connectivity index (χ3v) is 4.74. The molecule has 22 heavy (non-hydrogen) atoms. The van der Waals surface area contributed by atoms with Crippen molar-refractivity contribution in [1.29, 1.82) is 0 Å². The van der Waals surface area contributed by atoms with E-state index in [2.05, 4.69) is 15.9 Å². The molecule has 0 aromatic heterocycles. The molecule has 2 aromatic rings. The summed E-state index contributed by atoms with van der Waals surface area (Å²) in [5.74, 6) is 0.0250. The highest BCUT2D eigenvalue weighted by Crippen LogP contribution is 2.42. The Morgan fingerprint density at radius 3 is 2.45 bits per heavy atom. The van der Waals surface area contributed by atoms with E-state index in [0.29, 0.717) is 17.0 Å². The van der Waals surface area contributed by atoms with Crippen molar-refractivity contribution >= 4 is 27.5 Å². The van der Waals surface area contributed by atoms with Gasteiger partial charge in [0.05, 0.1) is 19.0 Å². The van der Waals surface area contributed by atoms with Crippen LogP contribution in [0.5, 0.6) is 5.75 Å². The molecule has 1 aliphatic heterocycles.